The van der Waals surface area contributed by atoms with Crippen LogP contribution in [0.15, 0.2) is 52.2 Å². The minimum Gasteiger partial charge on any atom is -0.312 e. The van der Waals surface area contributed by atoms with Gasteiger partial charge >= 0.3 is 0 Å². The van der Waals surface area contributed by atoms with Crippen molar-refractivity contribution in [2.45, 2.75) is 50.0 Å². The average Bonchev–Trinajstić information content (AvgIpc) is 2.67. The van der Waals surface area contributed by atoms with E-state index in [0.717, 1.165) is 37.3 Å². The minimum atomic E-state index is -3.31. The summed E-state index contributed by atoms with van der Waals surface area (Å²) in [7, 11) is -3.31. The highest BCUT2D eigenvalue weighted by Crippen LogP contribution is 2.35. The van der Waals surface area contributed by atoms with Gasteiger partial charge in [0, 0.05) is 43.9 Å². The molecule has 2 unspecified atom stereocenters. The number of halogens is 1. The second kappa shape index (κ2) is 8.48. The Labute approximate surface area is 185 Å². The Morgan fingerprint density at radius 1 is 1.00 bits per heavy atom. The zero-order valence-electron chi connectivity index (χ0n) is 17.9. The SMILES string of the molecule is CC(C)(C)c1ccc(S(=O)(=O)CCN2CC3CC(C2)c2cccc(=O)n2C3)cc1.Cl. The first-order valence-corrected chi connectivity index (χ1v) is 12.0. The third-order valence-electron chi connectivity index (χ3n) is 6.31. The Morgan fingerprint density at radius 2 is 1.70 bits per heavy atom. The molecule has 2 aliphatic rings. The fourth-order valence-electron chi connectivity index (χ4n) is 4.71. The van der Waals surface area contributed by atoms with E-state index in [-0.39, 0.29) is 29.1 Å². The molecule has 164 valence electrons. The molecule has 4 rings (SSSR count). The van der Waals surface area contributed by atoms with Gasteiger partial charge in [-0.15, -0.1) is 12.4 Å². The monoisotopic (exact) mass is 450 g/mol. The zero-order valence-corrected chi connectivity index (χ0v) is 19.5. The van der Waals surface area contributed by atoms with Gasteiger partial charge in [-0.25, -0.2) is 8.42 Å². The summed E-state index contributed by atoms with van der Waals surface area (Å²) in [6, 6.07) is 12.8. The summed E-state index contributed by atoms with van der Waals surface area (Å²) >= 11 is 0. The Balaban J connectivity index is 0.00000256. The van der Waals surface area contributed by atoms with E-state index < -0.39 is 9.84 Å². The van der Waals surface area contributed by atoms with Crippen LogP contribution in [0.5, 0.6) is 0 Å². The van der Waals surface area contributed by atoms with Gasteiger partial charge in [0.05, 0.1) is 10.6 Å². The van der Waals surface area contributed by atoms with E-state index >= 15 is 0 Å². The van der Waals surface area contributed by atoms with E-state index in [9.17, 15) is 13.2 Å². The molecular formula is C23H31ClN2O3S. The van der Waals surface area contributed by atoms with Gasteiger partial charge in [-0.1, -0.05) is 39.0 Å². The van der Waals surface area contributed by atoms with Crippen LogP contribution in [0.3, 0.4) is 0 Å². The number of fused-ring (bicyclic) bond motifs is 4. The molecule has 0 amide bonds. The Bertz CT molecular complexity index is 1060. The maximum Gasteiger partial charge on any atom is 0.250 e. The number of sulfone groups is 1. The van der Waals surface area contributed by atoms with Gasteiger partial charge < -0.3 is 9.47 Å². The molecule has 7 heteroatoms. The van der Waals surface area contributed by atoms with Crippen LogP contribution >= 0.6 is 12.4 Å². The third-order valence-corrected chi connectivity index (χ3v) is 8.02. The standard InChI is InChI=1S/C23H30N2O3S.ClH/c1-23(2,3)19-7-9-20(10-8-19)29(27,28)12-11-24-14-17-13-18(16-24)21-5-4-6-22(26)25(21)15-17;/h4-10,17-18H,11-16H2,1-3H3;1H. The summed E-state index contributed by atoms with van der Waals surface area (Å²) in [5, 5.41) is 0. The molecule has 1 saturated heterocycles. The van der Waals surface area contributed by atoms with Crippen molar-refractivity contribution in [1.82, 2.24) is 9.47 Å². The second-order valence-corrected chi connectivity index (χ2v) is 11.7. The molecule has 2 bridgehead atoms. The molecule has 5 nitrogen and oxygen atoms in total. The lowest BCUT2D eigenvalue weighted by Gasteiger charge is -2.42. The number of hydrogen-bond donors (Lipinski definition) is 0. The lowest BCUT2D eigenvalue weighted by molar-refractivity contribution is 0.126. The molecule has 0 spiro atoms. The number of piperidine rings is 1. The zero-order chi connectivity index (χ0) is 20.8. The highest BCUT2D eigenvalue weighted by atomic mass is 35.5. The van der Waals surface area contributed by atoms with E-state index in [0.29, 0.717) is 23.3 Å². The van der Waals surface area contributed by atoms with E-state index in [1.165, 1.54) is 0 Å². The molecule has 2 aliphatic heterocycles. The smallest absolute Gasteiger partial charge is 0.250 e. The number of likely N-dealkylation sites (tertiary alicyclic amines) is 1. The molecule has 2 aromatic rings. The normalized spacial score (nSPS) is 21.6. The van der Waals surface area contributed by atoms with Crippen molar-refractivity contribution < 1.29 is 8.42 Å². The molecule has 0 radical (unpaired) electrons. The van der Waals surface area contributed by atoms with Crippen molar-refractivity contribution in [3.63, 3.8) is 0 Å². The number of benzene rings is 1. The van der Waals surface area contributed by atoms with Crippen LogP contribution in [0, 0.1) is 5.92 Å². The van der Waals surface area contributed by atoms with Crippen molar-refractivity contribution in [2.24, 2.45) is 5.92 Å². The van der Waals surface area contributed by atoms with Gasteiger partial charge in [0.1, 0.15) is 0 Å². The van der Waals surface area contributed by atoms with Crippen LogP contribution in [-0.4, -0.2) is 43.3 Å². The molecule has 1 aromatic carbocycles. The van der Waals surface area contributed by atoms with Crippen LogP contribution in [0.2, 0.25) is 0 Å². The third kappa shape index (κ3) is 4.66. The van der Waals surface area contributed by atoms with Gasteiger partial charge in [-0.3, -0.25) is 4.79 Å². The van der Waals surface area contributed by atoms with Crippen molar-refractivity contribution in [1.29, 1.82) is 0 Å². The molecule has 30 heavy (non-hydrogen) atoms. The highest BCUT2D eigenvalue weighted by molar-refractivity contribution is 7.91. The Hall–Kier alpha value is -1.63. The maximum atomic E-state index is 12.9. The maximum absolute atomic E-state index is 12.9. The van der Waals surface area contributed by atoms with Gasteiger partial charge in [-0.2, -0.15) is 0 Å². The lowest BCUT2D eigenvalue weighted by Crippen LogP contribution is -2.48. The van der Waals surface area contributed by atoms with Crippen molar-refractivity contribution in [3.05, 3.63) is 64.1 Å². The number of aromatic nitrogens is 1. The van der Waals surface area contributed by atoms with Crippen LogP contribution in [0.25, 0.3) is 0 Å². The number of pyridine rings is 1. The van der Waals surface area contributed by atoms with Gasteiger partial charge in [-0.05, 0) is 41.5 Å². The van der Waals surface area contributed by atoms with Crippen LogP contribution in [0.4, 0.5) is 0 Å². The first-order valence-electron chi connectivity index (χ1n) is 10.4. The second-order valence-electron chi connectivity index (χ2n) is 9.55. The van der Waals surface area contributed by atoms with Crippen LogP contribution < -0.4 is 5.56 Å². The van der Waals surface area contributed by atoms with Crippen LogP contribution in [0.1, 0.15) is 44.4 Å². The molecule has 0 N–H and O–H groups in total. The summed E-state index contributed by atoms with van der Waals surface area (Å²) in [4.78, 5) is 14.8. The molecule has 0 aliphatic carbocycles. The molecule has 2 atom stereocenters. The number of nitrogens with zero attached hydrogens (tertiary/aromatic N) is 2. The van der Waals surface area contributed by atoms with Crippen molar-refractivity contribution in [2.75, 3.05) is 25.4 Å². The summed E-state index contributed by atoms with van der Waals surface area (Å²) in [6.45, 7) is 9.31. The fraction of sp³-hybridized carbons (Fsp3) is 0.522. The van der Waals surface area contributed by atoms with E-state index in [2.05, 4.69) is 25.7 Å². The average molecular weight is 451 g/mol. The summed E-state index contributed by atoms with van der Waals surface area (Å²) in [5.74, 6) is 0.850. The van der Waals surface area contributed by atoms with Gasteiger partial charge in [0.15, 0.2) is 9.84 Å². The minimum absolute atomic E-state index is 0. The number of hydrogen-bond acceptors (Lipinski definition) is 4. The van der Waals surface area contributed by atoms with Gasteiger partial charge in [0.25, 0.3) is 5.56 Å². The predicted octanol–water partition coefficient (Wildman–Crippen LogP) is 3.46. The summed E-state index contributed by atoms with van der Waals surface area (Å²) in [5.41, 5.74) is 2.31. The molecular weight excluding hydrogens is 420 g/mol. The van der Waals surface area contributed by atoms with E-state index in [1.54, 1.807) is 18.2 Å². The highest BCUT2D eigenvalue weighted by Gasteiger charge is 2.34. The van der Waals surface area contributed by atoms with Crippen LogP contribution in [-0.2, 0) is 21.8 Å². The predicted molar refractivity (Wildman–Crippen MR) is 122 cm³/mol. The topological polar surface area (TPSA) is 59.4 Å². The van der Waals surface area contributed by atoms with Crippen molar-refractivity contribution in [3.8, 4) is 0 Å². The Kier molecular flexibility index (Phi) is 6.51. The largest absolute Gasteiger partial charge is 0.312 e. The molecule has 1 aromatic heterocycles. The van der Waals surface area contributed by atoms with Crippen molar-refractivity contribution >= 4 is 22.2 Å². The molecule has 1 fully saturated rings. The summed E-state index contributed by atoms with van der Waals surface area (Å²) < 4.78 is 27.6. The van der Waals surface area contributed by atoms with E-state index in [4.69, 9.17) is 0 Å². The number of rotatable bonds is 4. The lowest BCUT2D eigenvalue weighted by atomic mass is 9.83. The van der Waals surface area contributed by atoms with E-state index in [1.807, 2.05) is 28.8 Å². The van der Waals surface area contributed by atoms with Gasteiger partial charge in [0.2, 0.25) is 0 Å². The quantitative estimate of drug-likeness (QED) is 0.715. The first-order chi connectivity index (χ1) is 13.6. The Morgan fingerprint density at radius 3 is 2.37 bits per heavy atom. The fourth-order valence-corrected chi connectivity index (χ4v) is 5.99. The molecule has 0 saturated carbocycles. The molecule has 3 heterocycles. The summed E-state index contributed by atoms with van der Waals surface area (Å²) in [6.07, 6.45) is 1.08. The first kappa shape index (κ1) is 23.0.